The summed E-state index contributed by atoms with van der Waals surface area (Å²) in [6, 6.07) is 0.671. The monoisotopic (exact) mass is 298 g/mol. The lowest BCUT2D eigenvalue weighted by molar-refractivity contribution is -0.123. The lowest BCUT2D eigenvalue weighted by Crippen LogP contribution is -2.51. The van der Waals surface area contributed by atoms with Crippen LogP contribution >= 0.6 is 0 Å². The fraction of sp³-hybridized carbons (Fsp3) is 0.938. The van der Waals surface area contributed by atoms with Gasteiger partial charge in [0.25, 0.3) is 0 Å². The number of unbranched alkanes of at least 4 members (excludes halogenated alkanes) is 1. The van der Waals surface area contributed by atoms with Gasteiger partial charge in [0.2, 0.25) is 5.91 Å². The molecule has 0 aromatic carbocycles. The minimum atomic E-state index is -0.566. The average Bonchev–Trinajstić information content (AvgIpc) is 2.64. The van der Waals surface area contributed by atoms with Crippen molar-refractivity contribution in [1.29, 1.82) is 0 Å². The molecule has 1 fully saturated rings. The van der Waals surface area contributed by atoms with Crippen LogP contribution in [0.25, 0.3) is 0 Å². The number of hydrogen-bond donors (Lipinski definition) is 2. The van der Waals surface area contributed by atoms with Crippen LogP contribution in [0.2, 0.25) is 0 Å². The summed E-state index contributed by atoms with van der Waals surface area (Å²) in [6.45, 7) is 8.87. The predicted octanol–water partition coefficient (Wildman–Crippen LogP) is 1.04. The molecular formula is C16H34N4O. The number of carbonyl (C=O) groups excluding carboxylic acids is 1. The van der Waals surface area contributed by atoms with Crippen molar-refractivity contribution in [3.63, 3.8) is 0 Å². The molecule has 21 heavy (non-hydrogen) atoms. The first-order valence-corrected chi connectivity index (χ1v) is 8.34. The molecule has 2 atom stereocenters. The van der Waals surface area contributed by atoms with Gasteiger partial charge >= 0.3 is 0 Å². The number of likely N-dealkylation sites (N-methyl/N-ethyl adjacent to an activating group) is 2. The van der Waals surface area contributed by atoms with Gasteiger partial charge in [-0.2, -0.15) is 0 Å². The Morgan fingerprint density at radius 3 is 2.67 bits per heavy atom. The third-order valence-corrected chi connectivity index (χ3v) is 4.96. The second-order valence-corrected chi connectivity index (χ2v) is 6.62. The van der Waals surface area contributed by atoms with Gasteiger partial charge in [-0.05, 0) is 72.8 Å². The van der Waals surface area contributed by atoms with Crippen molar-refractivity contribution in [2.75, 3.05) is 40.3 Å². The minimum Gasteiger partial charge on any atom is -0.368 e. The van der Waals surface area contributed by atoms with Gasteiger partial charge in [-0.15, -0.1) is 0 Å². The Labute approximate surface area is 130 Å². The number of nitrogens with two attached hydrogens (primary N) is 1. The van der Waals surface area contributed by atoms with Gasteiger partial charge in [-0.3, -0.25) is 9.69 Å². The summed E-state index contributed by atoms with van der Waals surface area (Å²) >= 11 is 0. The zero-order chi connectivity index (χ0) is 15.9. The molecule has 0 saturated carbocycles. The Hall–Kier alpha value is -0.650. The molecule has 1 aliphatic rings. The summed E-state index contributed by atoms with van der Waals surface area (Å²) in [4.78, 5) is 16.5. The van der Waals surface area contributed by atoms with E-state index in [0.717, 1.165) is 25.8 Å². The van der Waals surface area contributed by atoms with E-state index < -0.39 is 5.54 Å². The molecule has 0 aliphatic carbocycles. The lowest BCUT2D eigenvalue weighted by Gasteiger charge is -2.31. The molecule has 0 bridgehead atoms. The van der Waals surface area contributed by atoms with E-state index in [1.807, 2.05) is 14.0 Å². The van der Waals surface area contributed by atoms with Gasteiger partial charge in [-0.1, -0.05) is 6.92 Å². The number of amides is 1. The molecule has 5 nitrogen and oxygen atoms in total. The summed E-state index contributed by atoms with van der Waals surface area (Å²) in [5, 5.41) is 3.06. The van der Waals surface area contributed by atoms with Gasteiger partial charge < -0.3 is 16.0 Å². The Bertz CT molecular complexity index is 323. The highest BCUT2D eigenvalue weighted by Gasteiger charge is 2.28. The molecule has 1 aliphatic heterocycles. The van der Waals surface area contributed by atoms with Crippen molar-refractivity contribution in [3.8, 4) is 0 Å². The topological polar surface area (TPSA) is 61.6 Å². The third-order valence-electron chi connectivity index (χ3n) is 4.96. The number of rotatable bonds is 8. The highest BCUT2D eigenvalue weighted by Crippen LogP contribution is 2.16. The van der Waals surface area contributed by atoms with Gasteiger partial charge in [0.05, 0.1) is 5.54 Å². The van der Waals surface area contributed by atoms with E-state index in [-0.39, 0.29) is 5.91 Å². The van der Waals surface area contributed by atoms with Crippen LogP contribution in [-0.4, -0.2) is 67.6 Å². The zero-order valence-electron chi connectivity index (χ0n) is 14.3. The average molecular weight is 298 g/mol. The van der Waals surface area contributed by atoms with E-state index in [1.54, 1.807) is 0 Å². The SMILES string of the molecule is CCC1CN(C)CCCN1CCCCC(C)(NC)C(N)=O. The molecule has 1 saturated heterocycles. The maximum Gasteiger partial charge on any atom is 0.237 e. The van der Waals surface area contributed by atoms with Crippen LogP contribution in [0.4, 0.5) is 0 Å². The van der Waals surface area contributed by atoms with Crippen LogP contribution in [-0.2, 0) is 4.79 Å². The molecule has 2 unspecified atom stereocenters. The first-order valence-electron chi connectivity index (χ1n) is 8.34. The summed E-state index contributed by atoms with van der Waals surface area (Å²) < 4.78 is 0. The van der Waals surface area contributed by atoms with Crippen molar-refractivity contribution >= 4 is 5.91 Å². The largest absolute Gasteiger partial charge is 0.368 e. The molecule has 124 valence electrons. The second-order valence-electron chi connectivity index (χ2n) is 6.62. The van der Waals surface area contributed by atoms with Crippen LogP contribution in [0.1, 0.15) is 46.0 Å². The highest BCUT2D eigenvalue weighted by atomic mass is 16.1. The first kappa shape index (κ1) is 18.4. The van der Waals surface area contributed by atoms with Crippen molar-refractivity contribution in [1.82, 2.24) is 15.1 Å². The van der Waals surface area contributed by atoms with E-state index in [4.69, 9.17) is 5.73 Å². The molecule has 0 radical (unpaired) electrons. The molecule has 5 heteroatoms. The van der Waals surface area contributed by atoms with E-state index in [2.05, 4.69) is 29.1 Å². The lowest BCUT2D eigenvalue weighted by atomic mass is 9.94. The summed E-state index contributed by atoms with van der Waals surface area (Å²) in [5.41, 5.74) is 4.90. The minimum absolute atomic E-state index is 0.257. The molecule has 0 spiro atoms. The van der Waals surface area contributed by atoms with Crippen LogP contribution < -0.4 is 11.1 Å². The van der Waals surface area contributed by atoms with Gasteiger partial charge in [0.1, 0.15) is 0 Å². The van der Waals surface area contributed by atoms with Crippen molar-refractivity contribution in [2.24, 2.45) is 5.73 Å². The Morgan fingerprint density at radius 1 is 1.38 bits per heavy atom. The van der Waals surface area contributed by atoms with Crippen LogP contribution in [0.3, 0.4) is 0 Å². The molecule has 1 amide bonds. The van der Waals surface area contributed by atoms with Crippen molar-refractivity contribution in [2.45, 2.75) is 57.5 Å². The van der Waals surface area contributed by atoms with E-state index in [0.29, 0.717) is 6.04 Å². The number of primary amides is 1. The molecule has 0 aromatic heterocycles. The highest BCUT2D eigenvalue weighted by molar-refractivity contribution is 5.84. The fourth-order valence-corrected chi connectivity index (χ4v) is 3.14. The fourth-order valence-electron chi connectivity index (χ4n) is 3.14. The second kappa shape index (κ2) is 8.71. The number of nitrogens with zero attached hydrogens (tertiary/aromatic N) is 2. The Morgan fingerprint density at radius 2 is 2.10 bits per heavy atom. The summed E-state index contributed by atoms with van der Waals surface area (Å²) in [5.74, 6) is -0.257. The number of carbonyl (C=O) groups is 1. The zero-order valence-corrected chi connectivity index (χ0v) is 14.3. The molecule has 1 heterocycles. The van der Waals surface area contributed by atoms with E-state index in [1.165, 1.54) is 32.5 Å². The molecule has 0 aromatic rings. The van der Waals surface area contributed by atoms with Gasteiger partial charge in [0, 0.05) is 12.6 Å². The smallest absolute Gasteiger partial charge is 0.237 e. The van der Waals surface area contributed by atoms with Gasteiger partial charge in [-0.25, -0.2) is 0 Å². The summed E-state index contributed by atoms with van der Waals surface area (Å²) in [7, 11) is 4.03. The maximum absolute atomic E-state index is 11.5. The van der Waals surface area contributed by atoms with Crippen molar-refractivity contribution < 1.29 is 4.79 Å². The number of nitrogens with one attached hydrogen (secondary N) is 1. The molecule has 3 N–H and O–H groups in total. The first-order chi connectivity index (χ1) is 9.92. The van der Waals surface area contributed by atoms with E-state index in [9.17, 15) is 4.79 Å². The molecular weight excluding hydrogens is 264 g/mol. The van der Waals surface area contributed by atoms with Gasteiger partial charge in [0.15, 0.2) is 0 Å². The third kappa shape index (κ3) is 5.57. The molecule has 1 rings (SSSR count). The van der Waals surface area contributed by atoms with Crippen LogP contribution in [0.15, 0.2) is 0 Å². The standard InChI is InChI=1S/C16H34N4O/c1-5-14-13-19(4)10-8-12-20(14)11-7-6-9-16(2,18-3)15(17)21/h14,18H,5-13H2,1-4H3,(H2,17,21). The van der Waals surface area contributed by atoms with Crippen molar-refractivity contribution in [3.05, 3.63) is 0 Å². The van der Waals surface area contributed by atoms with Crippen LogP contribution in [0, 0.1) is 0 Å². The predicted molar refractivity (Wildman–Crippen MR) is 88.3 cm³/mol. The normalized spacial score (nSPS) is 24.5. The van der Waals surface area contributed by atoms with E-state index >= 15 is 0 Å². The Kier molecular flexibility index (Phi) is 7.63. The van der Waals surface area contributed by atoms with Crippen LogP contribution in [0.5, 0.6) is 0 Å². The quantitative estimate of drug-likeness (QED) is 0.657. The Balaban J connectivity index is 2.38. The maximum atomic E-state index is 11.5. The number of hydrogen-bond acceptors (Lipinski definition) is 4. The summed E-state index contributed by atoms with van der Waals surface area (Å²) in [6.07, 6.45) is 5.43.